The largest absolute Gasteiger partial charge is 0.504 e. The topological polar surface area (TPSA) is 90.2 Å². The second-order valence-corrected chi connectivity index (χ2v) is 3.07. The van der Waals surface area contributed by atoms with Crippen molar-refractivity contribution in [2.24, 2.45) is 0 Å². The van der Waals surface area contributed by atoms with Crippen molar-refractivity contribution >= 4 is 0 Å². The van der Waals surface area contributed by atoms with Gasteiger partial charge in [-0.2, -0.15) is 0 Å². The molecule has 0 aliphatic rings. The van der Waals surface area contributed by atoms with Gasteiger partial charge in [-0.3, -0.25) is 0 Å². The van der Waals surface area contributed by atoms with Crippen molar-refractivity contribution in [1.29, 1.82) is 0 Å². The quantitative estimate of drug-likeness (QED) is 0.558. The second-order valence-electron chi connectivity index (χ2n) is 3.07. The maximum atomic E-state index is 9.58. The molecule has 84 valence electrons. The van der Waals surface area contributed by atoms with Crippen LogP contribution < -0.4 is 4.74 Å². The lowest BCUT2D eigenvalue weighted by Crippen LogP contribution is -2.21. The smallest absolute Gasteiger partial charge is 0.160 e. The van der Waals surface area contributed by atoms with E-state index in [0.717, 1.165) is 0 Å². The number of aromatic hydroxyl groups is 1. The molecule has 2 unspecified atom stereocenters. The number of aliphatic hydroxyl groups excluding tert-OH is 3. The number of methoxy groups -OCH3 is 1. The van der Waals surface area contributed by atoms with E-state index in [9.17, 15) is 15.3 Å². The Balaban J connectivity index is 2.93. The van der Waals surface area contributed by atoms with Crippen LogP contribution in [0.4, 0.5) is 0 Å². The summed E-state index contributed by atoms with van der Waals surface area (Å²) >= 11 is 0. The van der Waals surface area contributed by atoms with E-state index in [0.29, 0.717) is 5.56 Å². The van der Waals surface area contributed by atoms with Crippen molar-refractivity contribution in [3.63, 3.8) is 0 Å². The van der Waals surface area contributed by atoms with Crippen LogP contribution in [0, 0.1) is 0 Å². The minimum atomic E-state index is -1.30. The van der Waals surface area contributed by atoms with Gasteiger partial charge in [0.15, 0.2) is 11.5 Å². The number of aliphatic hydroxyl groups is 3. The fraction of sp³-hybridized carbons (Fsp3) is 0.400. The Morgan fingerprint density at radius 1 is 1.47 bits per heavy atom. The number of phenols is 1. The summed E-state index contributed by atoms with van der Waals surface area (Å²) in [6.07, 6.45) is -2.56. The van der Waals surface area contributed by atoms with Gasteiger partial charge in [0.05, 0.1) is 15.1 Å². The SMILES string of the molecule is [2H]COc1cc(C(O)C(O)CO)ccc1O. The highest BCUT2D eigenvalue weighted by atomic mass is 16.5. The Labute approximate surface area is 88.6 Å². The van der Waals surface area contributed by atoms with Gasteiger partial charge in [0, 0.05) is 0 Å². The normalized spacial score (nSPS) is 15.5. The molecular weight excluding hydrogens is 200 g/mol. The zero-order valence-corrected chi connectivity index (χ0v) is 8.00. The first-order valence-corrected chi connectivity index (χ1v) is 4.32. The molecule has 0 bridgehead atoms. The van der Waals surface area contributed by atoms with E-state index in [1.165, 1.54) is 18.2 Å². The summed E-state index contributed by atoms with van der Waals surface area (Å²) in [5.74, 6) is -0.0987. The third-order valence-electron chi connectivity index (χ3n) is 2.03. The van der Waals surface area contributed by atoms with E-state index in [1.54, 1.807) is 0 Å². The maximum absolute atomic E-state index is 9.58. The lowest BCUT2D eigenvalue weighted by molar-refractivity contribution is -0.0153. The van der Waals surface area contributed by atoms with Crippen LogP contribution in [0.3, 0.4) is 0 Å². The standard InChI is InChI=1S/C10H14O5/c1-15-9-4-6(2-3-7(9)12)10(14)8(13)5-11/h2-4,8,10-14H,5H2,1H3/i1D. The predicted molar refractivity (Wildman–Crippen MR) is 52.7 cm³/mol. The Morgan fingerprint density at radius 3 is 2.80 bits per heavy atom. The van der Waals surface area contributed by atoms with Crippen molar-refractivity contribution in [1.82, 2.24) is 0 Å². The third-order valence-corrected chi connectivity index (χ3v) is 2.03. The maximum Gasteiger partial charge on any atom is 0.160 e. The molecule has 5 heteroatoms. The molecule has 0 aliphatic carbocycles. The molecule has 2 atom stereocenters. The van der Waals surface area contributed by atoms with Crippen LogP contribution in [0.15, 0.2) is 18.2 Å². The average molecular weight is 215 g/mol. The minimum Gasteiger partial charge on any atom is -0.504 e. The zero-order valence-electron chi connectivity index (χ0n) is 9.00. The van der Waals surface area contributed by atoms with E-state index >= 15 is 0 Å². The number of hydrogen-bond donors (Lipinski definition) is 4. The first-order chi connectivity index (χ1) is 7.60. The summed E-state index contributed by atoms with van der Waals surface area (Å²) in [4.78, 5) is 0. The molecule has 0 fully saturated rings. The highest BCUT2D eigenvalue weighted by molar-refractivity contribution is 5.42. The Hall–Kier alpha value is -1.30. The summed E-state index contributed by atoms with van der Waals surface area (Å²) in [6.45, 7) is -0.573. The number of phenolic OH excluding ortho intramolecular Hbond substituents is 1. The number of ether oxygens (including phenoxy) is 1. The molecule has 5 nitrogen and oxygen atoms in total. The molecule has 0 aromatic heterocycles. The molecule has 4 N–H and O–H groups in total. The molecule has 1 aromatic rings. The van der Waals surface area contributed by atoms with Gasteiger partial charge in [-0.15, -0.1) is 0 Å². The molecule has 0 spiro atoms. The molecule has 15 heavy (non-hydrogen) atoms. The molecule has 0 radical (unpaired) electrons. The van der Waals surface area contributed by atoms with Crippen molar-refractivity contribution in [3.8, 4) is 11.5 Å². The Bertz CT molecular complexity index is 344. The van der Waals surface area contributed by atoms with Gasteiger partial charge in [-0.1, -0.05) is 6.07 Å². The number of benzene rings is 1. The highest BCUT2D eigenvalue weighted by Crippen LogP contribution is 2.29. The molecule has 1 rings (SSSR count). The van der Waals surface area contributed by atoms with E-state index < -0.39 is 18.8 Å². The molecule has 0 amide bonds. The van der Waals surface area contributed by atoms with Crippen molar-refractivity contribution < 1.29 is 26.5 Å². The van der Waals surface area contributed by atoms with E-state index in [2.05, 4.69) is 0 Å². The van der Waals surface area contributed by atoms with Crippen LogP contribution in [-0.2, 0) is 0 Å². The van der Waals surface area contributed by atoms with Gasteiger partial charge in [0.1, 0.15) is 12.2 Å². The first-order valence-electron chi connectivity index (χ1n) is 5.02. The van der Waals surface area contributed by atoms with E-state index in [1.807, 2.05) is 0 Å². The lowest BCUT2D eigenvalue weighted by Gasteiger charge is -2.16. The summed E-state index contributed by atoms with van der Waals surface area (Å²) in [5, 5.41) is 36.8. The fourth-order valence-corrected chi connectivity index (χ4v) is 1.15. The monoisotopic (exact) mass is 215 g/mol. The van der Waals surface area contributed by atoms with Crippen LogP contribution >= 0.6 is 0 Å². The fourth-order valence-electron chi connectivity index (χ4n) is 1.15. The molecule has 0 saturated carbocycles. The zero-order chi connectivity index (χ0) is 12.1. The summed E-state index contributed by atoms with van der Waals surface area (Å²) in [6, 6.07) is 4.00. The van der Waals surface area contributed by atoms with Gasteiger partial charge in [-0.25, -0.2) is 0 Å². The van der Waals surface area contributed by atoms with Crippen LogP contribution in [0.5, 0.6) is 11.5 Å². The van der Waals surface area contributed by atoms with Crippen molar-refractivity contribution in [2.75, 3.05) is 13.7 Å². The van der Waals surface area contributed by atoms with E-state index in [-0.39, 0.29) is 18.6 Å². The summed E-state index contributed by atoms with van der Waals surface area (Å²) in [7, 11) is -0.365. The van der Waals surface area contributed by atoms with Crippen molar-refractivity contribution in [2.45, 2.75) is 12.2 Å². The molecule has 1 aromatic carbocycles. The van der Waals surface area contributed by atoms with Crippen LogP contribution in [0.1, 0.15) is 13.0 Å². The van der Waals surface area contributed by atoms with E-state index in [4.69, 9.17) is 11.2 Å². The number of hydrogen-bond acceptors (Lipinski definition) is 5. The highest BCUT2D eigenvalue weighted by Gasteiger charge is 2.18. The van der Waals surface area contributed by atoms with Gasteiger partial charge in [0.25, 0.3) is 0 Å². The molecule has 0 saturated heterocycles. The molecule has 0 heterocycles. The van der Waals surface area contributed by atoms with Crippen molar-refractivity contribution in [3.05, 3.63) is 23.8 Å². The molecular formula is C10H14O5. The third kappa shape index (κ3) is 2.59. The summed E-state index contributed by atoms with van der Waals surface area (Å²) in [5.41, 5.74) is 0.294. The predicted octanol–water partition coefficient (Wildman–Crippen LogP) is -0.213. The van der Waals surface area contributed by atoms with Gasteiger partial charge >= 0.3 is 0 Å². The second kappa shape index (κ2) is 4.97. The van der Waals surface area contributed by atoms with Gasteiger partial charge in [-0.05, 0) is 17.7 Å². The first kappa shape index (κ1) is 10.2. The number of rotatable bonds is 4. The van der Waals surface area contributed by atoms with Crippen LogP contribution in [0.2, 0.25) is 0 Å². The molecule has 0 aliphatic heterocycles. The average Bonchev–Trinajstić information content (AvgIpc) is 2.30. The lowest BCUT2D eigenvalue weighted by atomic mass is 10.0. The van der Waals surface area contributed by atoms with Crippen LogP contribution in [0.25, 0.3) is 0 Å². The summed E-state index contributed by atoms with van der Waals surface area (Å²) < 4.78 is 11.7. The minimum absolute atomic E-state index is 0.0525. The van der Waals surface area contributed by atoms with Crippen LogP contribution in [-0.4, -0.2) is 40.2 Å². The van der Waals surface area contributed by atoms with Gasteiger partial charge in [0.2, 0.25) is 0 Å². The Kier molecular flexibility index (Phi) is 3.39. The Morgan fingerprint density at radius 2 is 2.20 bits per heavy atom. The van der Waals surface area contributed by atoms with Gasteiger partial charge < -0.3 is 25.2 Å².